The van der Waals surface area contributed by atoms with Gasteiger partial charge in [-0.15, -0.1) is 0 Å². The lowest BCUT2D eigenvalue weighted by Crippen LogP contribution is -2.26. The molecule has 10 nitrogen and oxygen atoms in total. The minimum absolute atomic E-state index is 0.00999. The largest absolute Gasteiger partial charge is 0.493 e. The fourth-order valence-electron chi connectivity index (χ4n) is 3.05. The van der Waals surface area contributed by atoms with Crippen LogP contribution in [0.2, 0.25) is 0 Å². The summed E-state index contributed by atoms with van der Waals surface area (Å²) in [6.07, 6.45) is 0.970. The summed E-state index contributed by atoms with van der Waals surface area (Å²) in [5.41, 5.74) is -1.58. The van der Waals surface area contributed by atoms with Crippen LogP contribution in [-0.2, 0) is 28.5 Å². The molecular weight excluding hydrogens is 496 g/mol. The zero-order valence-electron chi connectivity index (χ0n) is 23.9. The average molecular weight is 539 g/mol. The molecule has 10 heteroatoms. The van der Waals surface area contributed by atoms with Crippen molar-refractivity contribution >= 4 is 23.9 Å². The number of esters is 4. The summed E-state index contributed by atoms with van der Waals surface area (Å²) in [5.74, 6) is -1.86. The summed E-state index contributed by atoms with van der Waals surface area (Å²) in [6, 6.07) is 2.75. The van der Waals surface area contributed by atoms with Crippen molar-refractivity contribution in [2.45, 2.75) is 92.3 Å². The first-order valence-electron chi connectivity index (χ1n) is 12.9. The molecule has 0 radical (unpaired) electrons. The third kappa shape index (κ3) is 12.8. The van der Waals surface area contributed by atoms with E-state index in [9.17, 15) is 19.2 Å². The van der Waals surface area contributed by atoms with Gasteiger partial charge in [-0.1, -0.05) is 0 Å². The van der Waals surface area contributed by atoms with Gasteiger partial charge in [0.1, 0.15) is 33.8 Å². The van der Waals surface area contributed by atoms with Gasteiger partial charge in [-0.25, -0.2) is 9.59 Å². The van der Waals surface area contributed by atoms with Crippen LogP contribution in [0.25, 0.3) is 0 Å². The Morgan fingerprint density at radius 2 is 1.00 bits per heavy atom. The van der Waals surface area contributed by atoms with Gasteiger partial charge in [-0.3, -0.25) is 9.59 Å². The van der Waals surface area contributed by atoms with E-state index in [0.717, 1.165) is 0 Å². The molecule has 0 aromatic heterocycles. The third-order valence-corrected chi connectivity index (χ3v) is 4.50. The van der Waals surface area contributed by atoms with E-state index in [2.05, 4.69) is 0 Å². The summed E-state index contributed by atoms with van der Waals surface area (Å²) in [6.45, 7) is 14.6. The zero-order valence-corrected chi connectivity index (χ0v) is 23.9. The summed E-state index contributed by atoms with van der Waals surface area (Å²) >= 11 is 0. The molecule has 0 N–H and O–H groups in total. The first-order valence-corrected chi connectivity index (χ1v) is 12.9. The molecule has 1 aromatic rings. The van der Waals surface area contributed by atoms with Crippen molar-refractivity contribution in [2.75, 3.05) is 26.4 Å². The number of benzene rings is 1. The van der Waals surface area contributed by atoms with Crippen molar-refractivity contribution in [3.8, 4) is 11.5 Å². The first-order chi connectivity index (χ1) is 17.7. The Kier molecular flexibility index (Phi) is 13.1. The molecule has 1 rings (SSSR count). The molecule has 0 saturated heterocycles. The number of ether oxygens (including phenoxy) is 6. The van der Waals surface area contributed by atoms with Crippen LogP contribution in [0, 0.1) is 0 Å². The fourth-order valence-corrected chi connectivity index (χ4v) is 3.05. The molecule has 1 aromatic carbocycles. The minimum Gasteiger partial charge on any atom is -0.493 e. The van der Waals surface area contributed by atoms with E-state index in [1.54, 1.807) is 55.4 Å². The van der Waals surface area contributed by atoms with Crippen LogP contribution < -0.4 is 9.47 Å². The maximum absolute atomic E-state index is 13.1. The van der Waals surface area contributed by atoms with Crippen molar-refractivity contribution in [2.24, 2.45) is 0 Å². The highest BCUT2D eigenvalue weighted by molar-refractivity contribution is 5.99. The lowest BCUT2D eigenvalue weighted by atomic mass is 10.1. The molecule has 0 aliphatic carbocycles. The van der Waals surface area contributed by atoms with Crippen LogP contribution in [0.1, 0.15) is 102 Å². The van der Waals surface area contributed by atoms with Crippen molar-refractivity contribution in [3.05, 3.63) is 23.3 Å². The van der Waals surface area contributed by atoms with Crippen molar-refractivity contribution < 1.29 is 47.6 Å². The predicted molar refractivity (Wildman–Crippen MR) is 140 cm³/mol. The van der Waals surface area contributed by atoms with Crippen LogP contribution in [0.3, 0.4) is 0 Å². The van der Waals surface area contributed by atoms with Crippen molar-refractivity contribution in [3.63, 3.8) is 0 Å². The van der Waals surface area contributed by atoms with E-state index in [1.165, 1.54) is 12.1 Å². The van der Waals surface area contributed by atoms with Crippen molar-refractivity contribution in [1.82, 2.24) is 0 Å². The van der Waals surface area contributed by atoms with Crippen molar-refractivity contribution in [1.29, 1.82) is 0 Å². The lowest BCUT2D eigenvalue weighted by molar-refractivity contribution is -0.144. The molecule has 0 bridgehead atoms. The normalized spacial score (nSPS) is 11.4. The first kappa shape index (κ1) is 32.7. The van der Waals surface area contributed by atoms with Gasteiger partial charge >= 0.3 is 23.9 Å². The Bertz CT molecular complexity index is 880. The summed E-state index contributed by atoms with van der Waals surface area (Å²) < 4.78 is 32.6. The summed E-state index contributed by atoms with van der Waals surface area (Å²) in [4.78, 5) is 49.4. The van der Waals surface area contributed by atoms with E-state index in [4.69, 9.17) is 28.4 Å². The SMILES string of the molecule is CCOC(=O)CCCOc1cc(OCCCC(=O)OCC)c(C(=O)OC(C)(C)C)cc1C(=O)OC(C)(C)C. The Balaban J connectivity index is 3.31. The topological polar surface area (TPSA) is 124 Å². The van der Waals surface area contributed by atoms with Gasteiger partial charge in [0.2, 0.25) is 0 Å². The standard InChI is InChI=1S/C28H42O10/c1-9-33-23(29)13-11-15-35-21-18-22(36-16-12-14-24(30)34-10-2)20(26(32)38-28(6,7)8)17-19(21)25(31)37-27(3,4)5/h17-18H,9-16H2,1-8H3. The van der Waals surface area contributed by atoms with E-state index in [-0.39, 0.29) is 73.8 Å². The Labute approximate surface area is 225 Å². The van der Waals surface area contributed by atoms with Crippen LogP contribution in [-0.4, -0.2) is 61.5 Å². The Hall–Kier alpha value is -3.30. The van der Waals surface area contributed by atoms with Gasteiger partial charge in [-0.2, -0.15) is 0 Å². The average Bonchev–Trinajstić information content (AvgIpc) is 2.77. The molecule has 0 fully saturated rings. The Morgan fingerprint density at radius 1 is 0.632 bits per heavy atom. The van der Waals surface area contributed by atoms with E-state index in [1.807, 2.05) is 0 Å². The quantitative estimate of drug-likeness (QED) is 0.181. The molecule has 0 amide bonds. The molecule has 214 valence electrons. The van der Waals surface area contributed by atoms with Gasteiger partial charge in [0.05, 0.1) is 26.4 Å². The van der Waals surface area contributed by atoms with Crippen LogP contribution >= 0.6 is 0 Å². The van der Waals surface area contributed by atoms with E-state index < -0.39 is 23.1 Å². The second-order valence-corrected chi connectivity index (χ2v) is 10.4. The zero-order chi connectivity index (χ0) is 28.9. The predicted octanol–water partition coefficient (Wildman–Crippen LogP) is 5.04. The number of carbonyl (C=O) groups is 4. The third-order valence-electron chi connectivity index (χ3n) is 4.50. The highest BCUT2D eigenvalue weighted by atomic mass is 16.6. The highest BCUT2D eigenvalue weighted by Gasteiger charge is 2.28. The molecular formula is C28H42O10. The highest BCUT2D eigenvalue weighted by Crippen LogP contribution is 2.33. The van der Waals surface area contributed by atoms with E-state index >= 15 is 0 Å². The molecule has 0 aliphatic rings. The number of carbonyl (C=O) groups excluding carboxylic acids is 4. The molecule has 38 heavy (non-hydrogen) atoms. The van der Waals surface area contributed by atoms with Gasteiger partial charge in [0, 0.05) is 18.9 Å². The Morgan fingerprint density at radius 3 is 1.32 bits per heavy atom. The maximum atomic E-state index is 13.1. The van der Waals surface area contributed by atoms with Gasteiger partial charge in [-0.05, 0) is 74.3 Å². The monoisotopic (exact) mass is 538 g/mol. The number of hydrogen-bond donors (Lipinski definition) is 0. The molecule has 0 unspecified atom stereocenters. The van der Waals surface area contributed by atoms with Crippen LogP contribution in [0.15, 0.2) is 12.1 Å². The molecule has 0 saturated carbocycles. The summed E-state index contributed by atoms with van der Waals surface area (Å²) in [5, 5.41) is 0. The number of rotatable bonds is 14. The van der Waals surface area contributed by atoms with Crippen LogP contribution in [0.4, 0.5) is 0 Å². The van der Waals surface area contributed by atoms with Gasteiger partial charge in [0.25, 0.3) is 0 Å². The molecule has 0 aliphatic heterocycles. The molecule has 0 spiro atoms. The van der Waals surface area contributed by atoms with Crippen LogP contribution in [0.5, 0.6) is 11.5 Å². The van der Waals surface area contributed by atoms with Gasteiger partial charge < -0.3 is 28.4 Å². The second-order valence-electron chi connectivity index (χ2n) is 10.4. The molecule has 0 atom stereocenters. The summed E-state index contributed by atoms with van der Waals surface area (Å²) in [7, 11) is 0. The van der Waals surface area contributed by atoms with Gasteiger partial charge in [0.15, 0.2) is 0 Å². The lowest BCUT2D eigenvalue weighted by Gasteiger charge is -2.23. The number of hydrogen-bond acceptors (Lipinski definition) is 10. The maximum Gasteiger partial charge on any atom is 0.342 e. The van der Waals surface area contributed by atoms with E-state index in [0.29, 0.717) is 12.8 Å². The fraction of sp³-hybridized carbons (Fsp3) is 0.643. The second kappa shape index (κ2) is 15.2. The molecule has 0 heterocycles. The minimum atomic E-state index is -0.799. The smallest absolute Gasteiger partial charge is 0.342 e.